The first-order valence-electron chi connectivity index (χ1n) is 9.12. The molecule has 0 bridgehead atoms. The third-order valence-electron chi connectivity index (χ3n) is 4.65. The molecule has 0 spiro atoms. The molecule has 3 rings (SSSR count). The maximum atomic E-state index is 12.3. The van der Waals surface area contributed by atoms with Crippen molar-refractivity contribution in [1.82, 2.24) is 10.3 Å². The van der Waals surface area contributed by atoms with Crippen molar-refractivity contribution in [3.8, 4) is 17.2 Å². The van der Waals surface area contributed by atoms with Crippen molar-refractivity contribution in [1.29, 1.82) is 5.26 Å². The molecule has 0 atom stereocenters. The molecule has 26 heavy (non-hydrogen) atoms. The molecule has 0 unspecified atom stereocenters. The molecular weight excluding hydrogens is 342 g/mol. The maximum Gasteiger partial charge on any atom is 0.251 e. The Labute approximate surface area is 159 Å². The fraction of sp³-hybridized carbons (Fsp3) is 0.381. The number of nitriles is 1. The number of nitrogens with zero attached hydrogens (tertiary/aromatic N) is 2. The highest BCUT2D eigenvalue weighted by Gasteiger charge is 2.13. The van der Waals surface area contributed by atoms with E-state index >= 15 is 0 Å². The largest absolute Gasteiger partial charge is 0.351 e. The summed E-state index contributed by atoms with van der Waals surface area (Å²) in [6, 6.07) is 13.1. The molecule has 1 saturated carbocycles. The number of benzene rings is 1. The fourth-order valence-corrected chi connectivity index (χ4v) is 4.39. The van der Waals surface area contributed by atoms with Gasteiger partial charge < -0.3 is 5.32 Å². The van der Waals surface area contributed by atoms with Crippen LogP contribution in [0.15, 0.2) is 42.6 Å². The van der Waals surface area contributed by atoms with E-state index in [1.165, 1.54) is 32.1 Å². The van der Waals surface area contributed by atoms with Gasteiger partial charge in [0.1, 0.15) is 11.8 Å². The van der Waals surface area contributed by atoms with Crippen LogP contribution >= 0.6 is 11.8 Å². The van der Waals surface area contributed by atoms with Crippen molar-refractivity contribution < 1.29 is 4.79 Å². The summed E-state index contributed by atoms with van der Waals surface area (Å²) < 4.78 is 0. The minimum atomic E-state index is -0.0289. The molecule has 1 aromatic heterocycles. The second-order valence-corrected chi connectivity index (χ2v) is 7.92. The summed E-state index contributed by atoms with van der Waals surface area (Å²) in [4.78, 5) is 16.3. The van der Waals surface area contributed by atoms with Crippen molar-refractivity contribution in [2.45, 2.75) is 37.4 Å². The Hall–Kier alpha value is -2.32. The third-order valence-corrected chi connectivity index (χ3v) is 6.03. The Morgan fingerprint density at radius 1 is 1.12 bits per heavy atom. The lowest BCUT2D eigenvalue weighted by molar-refractivity contribution is 0.0956. The standard InChI is InChI=1S/C21H23N3OS/c22-14-19-11-10-18(15-24-19)16-6-8-17(9-7-16)21(25)23-12-13-26-20-4-2-1-3-5-20/h6-11,15,20H,1-5,12-13H2,(H,23,25). The molecule has 0 aliphatic heterocycles. The van der Waals surface area contributed by atoms with Crippen LogP contribution in [0.4, 0.5) is 0 Å². The average Bonchev–Trinajstić information content (AvgIpc) is 2.72. The number of thioether (sulfide) groups is 1. The summed E-state index contributed by atoms with van der Waals surface area (Å²) in [6.45, 7) is 0.710. The summed E-state index contributed by atoms with van der Waals surface area (Å²) in [6.07, 6.45) is 8.41. The van der Waals surface area contributed by atoms with E-state index in [1.54, 1.807) is 12.3 Å². The molecule has 4 nitrogen and oxygen atoms in total. The molecule has 1 aliphatic carbocycles. The van der Waals surface area contributed by atoms with Crippen LogP contribution < -0.4 is 5.32 Å². The molecule has 0 radical (unpaired) electrons. The summed E-state index contributed by atoms with van der Waals surface area (Å²) in [7, 11) is 0. The molecule has 2 aromatic rings. The average molecular weight is 366 g/mol. The number of hydrogen-bond donors (Lipinski definition) is 1. The molecule has 5 heteroatoms. The topological polar surface area (TPSA) is 65.8 Å². The number of rotatable bonds is 6. The third kappa shape index (κ3) is 5.09. The van der Waals surface area contributed by atoms with Gasteiger partial charge in [-0.2, -0.15) is 17.0 Å². The summed E-state index contributed by atoms with van der Waals surface area (Å²) >= 11 is 1.99. The normalized spacial score (nSPS) is 14.6. The zero-order chi connectivity index (χ0) is 18.2. The van der Waals surface area contributed by atoms with E-state index in [4.69, 9.17) is 5.26 Å². The van der Waals surface area contributed by atoms with Gasteiger partial charge in [-0.05, 0) is 42.7 Å². The second kappa shape index (κ2) is 9.40. The van der Waals surface area contributed by atoms with Crippen molar-refractivity contribution in [3.05, 3.63) is 53.9 Å². The molecule has 1 aromatic carbocycles. The quantitative estimate of drug-likeness (QED) is 0.770. The van der Waals surface area contributed by atoms with Gasteiger partial charge in [-0.1, -0.05) is 31.4 Å². The van der Waals surface area contributed by atoms with E-state index in [0.717, 1.165) is 22.1 Å². The van der Waals surface area contributed by atoms with Gasteiger partial charge in [0.05, 0.1) is 0 Å². The van der Waals surface area contributed by atoms with Crippen molar-refractivity contribution in [2.75, 3.05) is 12.3 Å². The highest BCUT2D eigenvalue weighted by molar-refractivity contribution is 7.99. The van der Waals surface area contributed by atoms with Gasteiger partial charge in [-0.3, -0.25) is 4.79 Å². The number of pyridine rings is 1. The SMILES string of the molecule is N#Cc1ccc(-c2ccc(C(=O)NCCSC3CCCCC3)cc2)cn1. The van der Waals surface area contributed by atoms with Crippen LogP contribution in [-0.2, 0) is 0 Å². The Kier molecular flexibility index (Phi) is 6.68. The zero-order valence-electron chi connectivity index (χ0n) is 14.8. The van der Waals surface area contributed by atoms with Crippen LogP contribution in [0.1, 0.15) is 48.2 Å². The van der Waals surface area contributed by atoms with Gasteiger partial charge in [0.25, 0.3) is 5.91 Å². The van der Waals surface area contributed by atoms with Gasteiger partial charge in [0.15, 0.2) is 0 Å². The number of amides is 1. The van der Waals surface area contributed by atoms with E-state index in [-0.39, 0.29) is 5.91 Å². The number of hydrogen-bond acceptors (Lipinski definition) is 4. The highest BCUT2D eigenvalue weighted by atomic mass is 32.2. The maximum absolute atomic E-state index is 12.3. The molecule has 0 saturated heterocycles. The van der Waals surface area contributed by atoms with Crippen LogP contribution in [0.25, 0.3) is 11.1 Å². The highest BCUT2D eigenvalue weighted by Crippen LogP contribution is 2.27. The lowest BCUT2D eigenvalue weighted by Gasteiger charge is -2.20. The predicted octanol–water partition coefficient (Wildman–Crippen LogP) is 4.42. The van der Waals surface area contributed by atoms with Gasteiger partial charge in [0, 0.05) is 34.9 Å². The minimum absolute atomic E-state index is 0.0289. The summed E-state index contributed by atoms with van der Waals surface area (Å²) in [5.41, 5.74) is 2.97. The number of carbonyl (C=O) groups excluding carboxylic acids is 1. The fourth-order valence-electron chi connectivity index (χ4n) is 3.17. The van der Waals surface area contributed by atoms with Gasteiger partial charge in [0.2, 0.25) is 0 Å². The zero-order valence-corrected chi connectivity index (χ0v) is 15.6. The van der Waals surface area contributed by atoms with Crippen LogP contribution in [0.5, 0.6) is 0 Å². The van der Waals surface area contributed by atoms with E-state index in [1.807, 2.05) is 48.2 Å². The Morgan fingerprint density at radius 2 is 1.85 bits per heavy atom. The lowest BCUT2D eigenvalue weighted by Crippen LogP contribution is -2.26. The molecule has 1 fully saturated rings. The van der Waals surface area contributed by atoms with Crippen LogP contribution in [-0.4, -0.2) is 28.4 Å². The van der Waals surface area contributed by atoms with E-state index < -0.39 is 0 Å². The monoisotopic (exact) mass is 365 g/mol. The van der Waals surface area contributed by atoms with Crippen molar-refractivity contribution in [3.63, 3.8) is 0 Å². The van der Waals surface area contributed by atoms with Gasteiger partial charge >= 0.3 is 0 Å². The molecule has 1 amide bonds. The lowest BCUT2D eigenvalue weighted by atomic mass is 10.0. The minimum Gasteiger partial charge on any atom is -0.351 e. The van der Waals surface area contributed by atoms with E-state index in [2.05, 4.69) is 10.3 Å². The molecule has 1 N–H and O–H groups in total. The number of aromatic nitrogens is 1. The Bertz CT molecular complexity index is 759. The predicted molar refractivity (Wildman–Crippen MR) is 106 cm³/mol. The van der Waals surface area contributed by atoms with Gasteiger partial charge in [-0.25, -0.2) is 4.98 Å². The summed E-state index contributed by atoms with van der Waals surface area (Å²) in [5, 5.41) is 12.6. The number of carbonyl (C=O) groups is 1. The van der Waals surface area contributed by atoms with Crippen molar-refractivity contribution in [2.24, 2.45) is 0 Å². The van der Waals surface area contributed by atoms with E-state index in [0.29, 0.717) is 17.8 Å². The second-order valence-electron chi connectivity index (χ2n) is 6.51. The molecular formula is C21H23N3OS. The molecule has 134 valence electrons. The molecule has 1 heterocycles. The molecule has 1 aliphatic rings. The van der Waals surface area contributed by atoms with E-state index in [9.17, 15) is 4.79 Å². The van der Waals surface area contributed by atoms with Crippen LogP contribution in [0, 0.1) is 11.3 Å². The van der Waals surface area contributed by atoms with Gasteiger partial charge in [-0.15, -0.1) is 0 Å². The van der Waals surface area contributed by atoms with Crippen LogP contribution in [0.3, 0.4) is 0 Å². The van der Waals surface area contributed by atoms with Crippen molar-refractivity contribution >= 4 is 17.7 Å². The first-order chi connectivity index (χ1) is 12.8. The first kappa shape index (κ1) is 18.5. The Morgan fingerprint density at radius 3 is 2.50 bits per heavy atom. The summed E-state index contributed by atoms with van der Waals surface area (Å²) in [5.74, 6) is 0.949. The smallest absolute Gasteiger partial charge is 0.251 e. The first-order valence-corrected chi connectivity index (χ1v) is 10.2. The number of nitrogens with one attached hydrogen (secondary N) is 1. The Balaban J connectivity index is 1.47. The van der Waals surface area contributed by atoms with Crippen LogP contribution in [0.2, 0.25) is 0 Å².